The molecule has 0 saturated carbocycles. The van der Waals surface area contributed by atoms with Crippen molar-refractivity contribution in [2.45, 2.75) is 19.4 Å². The predicted octanol–water partition coefficient (Wildman–Crippen LogP) is 0.648. The first-order chi connectivity index (χ1) is 7.75. The second-order valence-corrected chi connectivity index (χ2v) is 4.38. The van der Waals surface area contributed by atoms with Crippen LogP contribution >= 0.6 is 0 Å². The van der Waals surface area contributed by atoms with Gasteiger partial charge in [0.1, 0.15) is 0 Å². The van der Waals surface area contributed by atoms with Gasteiger partial charge >= 0.3 is 0 Å². The number of nitrogens with zero attached hydrogens (tertiary/aromatic N) is 1. The Kier molecular flexibility index (Phi) is 3.57. The lowest BCUT2D eigenvalue weighted by molar-refractivity contribution is -0.312. The fourth-order valence-electron chi connectivity index (χ4n) is 2.23. The normalized spacial score (nSPS) is 21.9. The van der Waals surface area contributed by atoms with Gasteiger partial charge in [0.15, 0.2) is 0 Å². The van der Waals surface area contributed by atoms with Gasteiger partial charge in [0.2, 0.25) is 0 Å². The summed E-state index contributed by atoms with van der Waals surface area (Å²) in [5, 5.41) is 10.8. The van der Waals surface area contributed by atoms with Crippen LogP contribution in [-0.2, 0) is 11.3 Å². The van der Waals surface area contributed by atoms with Crippen LogP contribution in [0.3, 0.4) is 0 Å². The fourth-order valence-corrected chi connectivity index (χ4v) is 2.23. The van der Waals surface area contributed by atoms with Crippen molar-refractivity contribution in [3.63, 3.8) is 0 Å². The van der Waals surface area contributed by atoms with E-state index in [9.17, 15) is 9.90 Å². The maximum atomic E-state index is 10.8. The van der Waals surface area contributed by atoms with Crippen molar-refractivity contribution in [1.82, 2.24) is 4.90 Å². The third kappa shape index (κ3) is 2.83. The number of hydrogen-bond donors (Lipinski definition) is 0. The van der Waals surface area contributed by atoms with Crippen LogP contribution in [0.15, 0.2) is 30.3 Å². The summed E-state index contributed by atoms with van der Waals surface area (Å²) < 4.78 is 0. The molecule has 1 aliphatic heterocycles. The predicted molar refractivity (Wildman–Crippen MR) is 59.5 cm³/mol. The molecule has 0 aliphatic carbocycles. The molecular formula is C13H16NO2-. The number of benzene rings is 1. The first-order valence-corrected chi connectivity index (χ1v) is 5.73. The zero-order valence-electron chi connectivity index (χ0n) is 9.26. The zero-order chi connectivity index (χ0) is 11.4. The first kappa shape index (κ1) is 11.1. The average molecular weight is 218 g/mol. The van der Waals surface area contributed by atoms with Crippen LogP contribution in [0.5, 0.6) is 0 Å². The van der Waals surface area contributed by atoms with E-state index in [1.807, 2.05) is 18.2 Å². The lowest BCUT2D eigenvalue weighted by Gasteiger charge is -2.33. The van der Waals surface area contributed by atoms with Gasteiger partial charge < -0.3 is 9.90 Å². The average Bonchev–Trinajstić information content (AvgIpc) is 2.30. The van der Waals surface area contributed by atoms with E-state index < -0.39 is 5.97 Å². The van der Waals surface area contributed by atoms with Gasteiger partial charge in [-0.2, -0.15) is 0 Å². The second kappa shape index (κ2) is 5.12. The number of carbonyl (C=O) groups excluding carboxylic acids is 1. The number of piperidine rings is 1. The maximum Gasteiger partial charge on any atom is 0.0458 e. The van der Waals surface area contributed by atoms with Crippen molar-refractivity contribution in [2.75, 3.05) is 13.1 Å². The molecule has 3 nitrogen and oxygen atoms in total. The van der Waals surface area contributed by atoms with Crippen LogP contribution in [0.1, 0.15) is 18.4 Å². The van der Waals surface area contributed by atoms with Crippen molar-refractivity contribution >= 4 is 5.97 Å². The SMILES string of the molecule is O=C([O-])C1CCCN(Cc2ccccc2)C1. The van der Waals surface area contributed by atoms with Crippen molar-refractivity contribution in [3.8, 4) is 0 Å². The second-order valence-electron chi connectivity index (χ2n) is 4.38. The highest BCUT2D eigenvalue weighted by atomic mass is 16.4. The third-order valence-electron chi connectivity index (χ3n) is 3.09. The van der Waals surface area contributed by atoms with E-state index in [4.69, 9.17) is 0 Å². The highest BCUT2D eigenvalue weighted by molar-refractivity contribution is 5.67. The fraction of sp³-hybridized carbons (Fsp3) is 0.462. The summed E-state index contributed by atoms with van der Waals surface area (Å²) in [6.07, 6.45) is 1.71. The van der Waals surface area contributed by atoms with Crippen LogP contribution in [-0.4, -0.2) is 24.0 Å². The van der Waals surface area contributed by atoms with E-state index in [2.05, 4.69) is 17.0 Å². The molecule has 0 N–H and O–H groups in total. The Morgan fingerprint density at radius 2 is 2.12 bits per heavy atom. The molecule has 0 aromatic heterocycles. The molecule has 0 amide bonds. The molecule has 1 aromatic rings. The molecule has 1 fully saturated rings. The number of hydrogen-bond acceptors (Lipinski definition) is 3. The van der Waals surface area contributed by atoms with Crippen LogP contribution in [0.25, 0.3) is 0 Å². The van der Waals surface area contributed by atoms with Gasteiger partial charge in [0.05, 0.1) is 0 Å². The van der Waals surface area contributed by atoms with Gasteiger partial charge in [-0.1, -0.05) is 30.3 Å². The van der Waals surface area contributed by atoms with Gasteiger partial charge in [-0.05, 0) is 24.9 Å². The molecule has 0 spiro atoms. The largest absolute Gasteiger partial charge is 0.550 e. The molecule has 1 aromatic carbocycles. The molecule has 1 saturated heterocycles. The number of carbonyl (C=O) groups is 1. The van der Waals surface area contributed by atoms with E-state index in [0.717, 1.165) is 25.9 Å². The highest BCUT2D eigenvalue weighted by Crippen LogP contribution is 2.17. The highest BCUT2D eigenvalue weighted by Gasteiger charge is 2.20. The zero-order valence-corrected chi connectivity index (χ0v) is 9.26. The molecule has 86 valence electrons. The summed E-state index contributed by atoms with van der Waals surface area (Å²) in [5.74, 6) is -1.20. The van der Waals surface area contributed by atoms with E-state index >= 15 is 0 Å². The van der Waals surface area contributed by atoms with Gasteiger partial charge in [-0.3, -0.25) is 4.90 Å². The molecular weight excluding hydrogens is 202 g/mol. The first-order valence-electron chi connectivity index (χ1n) is 5.73. The Balaban J connectivity index is 1.93. The quantitative estimate of drug-likeness (QED) is 0.748. The van der Waals surface area contributed by atoms with Crippen molar-refractivity contribution < 1.29 is 9.90 Å². The van der Waals surface area contributed by atoms with Crippen molar-refractivity contribution in [2.24, 2.45) is 5.92 Å². The standard InChI is InChI=1S/C13H17NO2/c15-13(16)12-7-4-8-14(10-12)9-11-5-2-1-3-6-11/h1-3,5-6,12H,4,7-10H2,(H,15,16)/p-1. The van der Waals surface area contributed by atoms with Crippen LogP contribution in [0.2, 0.25) is 0 Å². The van der Waals surface area contributed by atoms with Crippen LogP contribution < -0.4 is 5.11 Å². The van der Waals surface area contributed by atoms with Crippen LogP contribution in [0, 0.1) is 5.92 Å². The third-order valence-corrected chi connectivity index (χ3v) is 3.09. The van der Waals surface area contributed by atoms with Gasteiger partial charge in [-0.25, -0.2) is 0 Å². The topological polar surface area (TPSA) is 43.4 Å². The van der Waals surface area contributed by atoms with Crippen molar-refractivity contribution in [3.05, 3.63) is 35.9 Å². The van der Waals surface area contributed by atoms with Gasteiger partial charge in [0, 0.05) is 25.0 Å². The Morgan fingerprint density at radius 1 is 1.38 bits per heavy atom. The van der Waals surface area contributed by atoms with E-state index in [1.165, 1.54) is 5.56 Å². The van der Waals surface area contributed by atoms with E-state index in [0.29, 0.717) is 6.54 Å². The molecule has 2 rings (SSSR count). The summed E-state index contributed by atoms with van der Waals surface area (Å²) in [6, 6.07) is 10.2. The molecule has 0 radical (unpaired) electrons. The number of rotatable bonds is 3. The Morgan fingerprint density at radius 3 is 2.81 bits per heavy atom. The summed E-state index contributed by atoms with van der Waals surface area (Å²) in [7, 11) is 0. The summed E-state index contributed by atoms with van der Waals surface area (Å²) >= 11 is 0. The molecule has 16 heavy (non-hydrogen) atoms. The van der Waals surface area contributed by atoms with Gasteiger partial charge in [0.25, 0.3) is 0 Å². The summed E-state index contributed by atoms with van der Waals surface area (Å²) in [5.41, 5.74) is 1.24. The van der Waals surface area contributed by atoms with Crippen molar-refractivity contribution in [1.29, 1.82) is 0 Å². The van der Waals surface area contributed by atoms with Crippen LogP contribution in [0.4, 0.5) is 0 Å². The molecule has 0 bridgehead atoms. The number of carboxylic acid groups (broad SMARTS) is 1. The maximum absolute atomic E-state index is 10.8. The molecule has 1 heterocycles. The Labute approximate surface area is 95.7 Å². The monoisotopic (exact) mass is 218 g/mol. The molecule has 1 unspecified atom stereocenters. The number of carboxylic acids is 1. The molecule has 1 aliphatic rings. The van der Waals surface area contributed by atoms with Gasteiger partial charge in [-0.15, -0.1) is 0 Å². The molecule has 3 heteroatoms. The lowest BCUT2D eigenvalue weighted by Crippen LogP contribution is -2.43. The lowest BCUT2D eigenvalue weighted by atomic mass is 9.98. The number of aliphatic carboxylic acids is 1. The molecule has 1 atom stereocenters. The Bertz CT molecular complexity index is 350. The minimum Gasteiger partial charge on any atom is -0.550 e. The smallest absolute Gasteiger partial charge is 0.0458 e. The summed E-state index contributed by atoms with van der Waals surface area (Å²) in [6.45, 7) is 2.44. The summed E-state index contributed by atoms with van der Waals surface area (Å²) in [4.78, 5) is 13.0. The van der Waals surface area contributed by atoms with E-state index in [-0.39, 0.29) is 5.92 Å². The minimum absolute atomic E-state index is 0.294. The van der Waals surface area contributed by atoms with E-state index in [1.54, 1.807) is 0 Å². The Hall–Kier alpha value is -1.35. The number of likely N-dealkylation sites (tertiary alicyclic amines) is 1. The minimum atomic E-state index is -0.905.